The van der Waals surface area contributed by atoms with Crippen molar-refractivity contribution in [3.8, 4) is 5.75 Å². The summed E-state index contributed by atoms with van der Waals surface area (Å²) in [5.74, 6) is -0.238. The second kappa shape index (κ2) is 14.1. The zero-order valence-electron chi connectivity index (χ0n) is 24.3. The van der Waals surface area contributed by atoms with Crippen molar-refractivity contribution in [2.75, 3.05) is 19.8 Å². The Labute approximate surface area is 248 Å². The van der Waals surface area contributed by atoms with Gasteiger partial charge >= 0.3 is 5.97 Å². The van der Waals surface area contributed by atoms with Crippen molar-refractivity contribution < 1.29 is 24.1 Å². The Morgan fingerprint density at radius 1 is 0.833 bits per heavy atom. The van der Waals surface area contributed by atoms with Crippen molar-refractivity contribution in [1.29, 1.82) is 0 Å². The Balaban J connectivity index is 1.27. The highest BCUT2D eigenvalue weighted by atomic mass is 16.5. The molecule has 0 heterocycles. The Kier molecular flexibility index (Phi) is 9.86. The lowest BCUT2D eigenvalue weighted by molar-refractivity contribution is -0.149. The summed E-state index contributed by atoms with van der Waals surface area (Å²) in [5.41, 5.74) is 9.49. The van der Waals surface area contributed by atoms with E-state index in [1.54, 1.807) is 6.92 Å². The maximum Gasteiger partial charge on any atom is 0.333 e. The van der Waals surface area contributed by atoms with Crippen LogP contribution in [0.5, 0.6) is 5.75 Å². The maximum atomic E-state index is 11.4. The molecule has 0 spiro atoms. The standard InChI is InChI=1S/C37H38O5/c1-3-40-35(37(38)39)25-28-14-18-31(19-15-28)41-22-23-42-36-33-20-12-26(2)24-30(33)17-21-32-29(10-7-11-34(32)36)16-13-27-8-5-4-6-9-27/h4-12,14-15,17-21,24,35-36H,3,13,16,22-23,25H2,1-2H3,(H,38,39). The molecule has 0 amide bonds. The molecular formula is C37H38O5. The predicted octanol–water partition coefficient (Wildman–Crippen LogP) is 7.48. The summed E-state index contributed by atoms with van der Waals surface area (Å²) in [6.45, 7) is 5.08. The third-order valence-corrected chi connectivity index (χ3v) is 7.62. The van der Waals surface area contributed by atoms with Gasteiger partial charge in [0.05, 0.1) is 6.61 Å². The number of hydrogen-bond acceptors (Lipinski definition) is 4. The smallest absolute Gasteiger partial charge is 0.333 e. The first-order valence-corrected chi connectivity index (χ1v) is 14.6. The van der Waals surface area contributed by atoms with E-state index in [1.165, 1.54) is 33.4 Å². The lowest BCUT2D eigenvalue weighted by atomic mass is 9.91. The van der Waals surface area contributed by atoms with Crippen LogP contribution < -0.4 is 4.74 Å². The first-order valence-electron chi connectivity index (χ1n) is 14.6. The van der Waals surface area contributed by atoms with Crippen molar-refractivity contribution >= 4 is 18.1 Å². The summed E-state index contributed by atoms with van der Waals surface area (Å²) in [6.07, 6.45) is 5.66. The molecule has 0 fully saturated rings. The largest absolute Gasteiger partial charge is 0.491 e. The molecule has 1 aliphatic rings. The highest BCUT2D eigenvalue weighted by molar-refractivity contribution is 5.78. The van der Waals surface area contributed by atoms with Gasteiger partial charge in [-0.1, -0.05) is 96.6 Å². The van der Waals surface area contributed by atoms with E-state index < -0.39 is 12.1 Å². The summed E-state index contributed by atoms with van der Waals surface area (Å²) in [5, 5.41) is 9.35. The molecule has 1 aliphatic carbocycles. The Morgan fingerprint density at radius 2 is 1.64 bits per heavy atom. The van der Waals surface area contributed by atoms with Gasteiger partial charge in [0.25, 0.3) is 0 Å². The number of rotatable bonds is 13. The average molecular weight is 563 g/mol. The van der Waals surface area contributed by atoms with E-state index in [9.17, 15) is 9.90 Å². The topological polar surface area (TPSA) is 65.0 Å². The maximum absolute atomic E-state index is 11.4. The van der Waals surface area contributed by atoms with E-state index in [0.29, 0.717) is 32.0 Å². The van der Waals surface area contributed by atoms with E-state index in [2.05, 4.69) is 85.8 Å². The summed E-state index contributed by atoms with van der Waals surface area (Å²) in [7, 11) is 0. The van der Waals surface area contributed by atoms with Crippen molar-refractivity contribution in [3.63, 3.8) is 0 Å². The summed E-state index contributed by atoms with van der Waals surface area (Å²) in [4.78, 5) is 11.4. The highest BCUT2D eigenvalue weighted by Crippen LogP contribution is 2.37. The van der Waals surface area contributed by atoms with Crippen LogP contribution in [0, 0.1) is 6.92 Å². The number of fused-ring (bicyclic) bond motifs is 2. The molecule has 0 aliphatic heterocycles. The normalized spacial score (nSPS) is 14.5. The molecular weight excluding hydrogens is 524 g/mol. The number of aliphatic carboxylic acids is 1. The minimum atomic E-state index is -0.954. The lowest BCUT2D eigenvalue weighted by Crippen LogP contribution is -2.26. The van der Waals surface area contributed by atoms with Crippen molar-refractivity contribution in [3.05, 3.63) is 136 Å². The number of hydrogen-bond donors (Lipinski definition) is 1. The van der Waals surface area contributed by atoms with Crippen LogP contribution in [0.1, 0.15) is 57.5 Å². The molecule has 5 nitrogen and oxygen atoms in total. The van der Waals surface area contributed by atoms with Crippen LogP contribution in [-0.4, -0.2) is 37.0 Å². The van der Waals surface area contributed by atoms with E-state index in [-0.39, 0.29) is 6.10 Å². The molecule has 4 aromatic carbocycles. The monoisotopic (exact) mass is 562 g/mol. The molecule has 1 N–H and O–H groups in total. The summed E-state index contributed by atoms with van der Waals surface area (Å²) in [6, 6.07) is 31.2. The van der Waals surface area contributed by atoms with Gasteiger partial charge in [-0.2, -0.15) is 0 Å². The van der Waals surface area contributed by atoms with Crippen molar-refractivity contribution in [2.45, 2.75) is 45.3 Å². The minimum absolute atomic E-state index is 0.209. The van der Waals surface area contributed by atoms with Crippen LogP contribution in [-0.2, 0) is 33.5 Å². The fraction of sp³-hybridized carbons (Fsp3) is 0.270. The van der Waals surface area contributed by atoms with Gasteiger partial charge < -0.3 is 19.3 Å². The van der Waals surface area contributed by atoms with Crippen LogP contribution in [0.15, 0.2) is 91.0 Å². The molecule has 2 atom stereocenters. The number of aryl methyl sites for hydroxylation is 3. The highest BCUT2D eigenvalue weighted by Gasteiger charge is 2.24. The fourth-order valence-electron chi connectivity index (χ4n) is 5.48. The first kappa shape index (κ1) is 29.3. The average Bonchev–Trinajstić information content (AvgIpc) is 3.16. The second-order valence-electron chi connectivity index (χ2n) is 10.6. The zero-order valence-corrected chi connectivity index (χ0v) is 24.3. The summed E-state index contributed by atoms with van der Waals surface area (Å²) >= 11 is 0. The SMILES string of the molecule is CCOC(Cc1ccc(OCCOC2c3ccc(C)cc3C=Cc3c(CCc4ccccc4)cccc32)cc1)C(=O)O. The van der Waals surface area contributed by atoms with Gasteiger partial charge in [-0.05, 0) is 77.8 Å². The van der Waals surface area contributed by atoms with E-state index in [0.717, 1.165) is 24.0 Å². The molecule has 0 bridgehead atoms. The lowest BCUT2D eigenvalue weighted by Gasteiger charge is -2.23. The van der Waals surface area contributed by atoms with Crippen LogP contribution in [0.3, 0.4) is 0 Å². The van der Waals surface area contributed by atoms with Gasteiger partial charge in [0, 0.05) is 13.0 Å². The van der Waals surface area contributed by atoms with E-state index >= 15 is 0 Å². The van der Waals surface area contributed by atoms with Gasteiger partial charge in [0.1, 0.15) is 18.5 Å². The van der Waals surface area contributed by atoms with Gasteiger partial charge in [-0.15, -0.1) is 0 Å². The first-order chi connectivity index (χ1) is 20.5. The van der Waals surface area contributed by atoms with E-state index in [4.69, 9.17) is 14.2 Å². The number of carboxylic acid groups (broad SMARTS) is 1. The van der Waals surface area contributed by atoms with Gasteiger partial charge in [0.2, 0.25) is 0 Å². The fourth-order valence-corrected chi connectivity index (χ4v) is 5.48. The summed E-state index contributed by atoms with van der Waals surface area (Å²) < 4.78 is 17.9. The predicted molar refractivity (Wildman–Crippen MR) is 167 cm³/mol. The van der Waals surface area contributed by atoms with Gasteiger partial charge in [-0.3, -0.25) is 0 Å². The molecule has 0 saturated heterocycles. The number of carboxylic acids is 1. The number of carbonyl (C=O) groups is 1. The molecule has 216 valence electrons. The molecule has 0 aromatic heterocycles. The van der Waals surface area contributed by atoms with Crippen LogP contribution >= 0.6 is 0 Å². The van der Waals surface area contributed by atoms with Crippen molar-refractivity contribution in [2.24, 2.45) is 0 Å². The third kappa shape index (κ3) is 7.35. The van der Waals surface area contributed by atoms with E-state index in [1.807, 2.05) is 24.3 Å². The van der Waals surface area contributed by atoms with Gasteiger partial charge in [-0.25, -0.2) is 4.79 Å². The minimum Gasteiger partial charge on any atom is -0.491 e. The number of benzene rings is 4. The number of ether oxygens (including phenoxy) is 3. The Hall–Kier alpha value is -4.19. The van der Waals surface area contributed by atoms with Crippen LogP contribution in [0.25, 0.3) is 12.2 Å². The second-order valence-corrected chi connectivity index (χ2v) is 10.6. The molecule has 42 heavy (non-hydrogen) atoms. The van der Waals surface area contributed by atoms with Crippen molar-refractivity contribution in [1.82, 2.24) is 0 Å². The molecule has 2 unspecified atom stereocenters. The quantitative estimate of drug-likeness (QED) is 0.171. The zero-order chi connectivity index (χ0) is 29.3. The molecule has 4 aromatic rings. The van der Waals surface area contributed by atoms with Crippen LogP contribution in [0.2, 0.25) is 0 Å². The third-order valence-electron chi connectivity index (χ3n) is 7.62. The Bertz CT molecular complexity index is 1510. The Morgan fingerprint density at radius 3 is 2.40 bits per heavy atom. The van der Waals surface area contributed by atoms with Crippen LogP contribution in [0.4, 0.5) is 0 Å². The molecule has 5 heteroatoms. The van der Waals surface area contributed by atoms with Gasteiger partial charge in [0.15, 0.2) is 6.10 Å². The molecule has 0 saturated carbocycles. The molecule has 0 radical (unpaired) electrons. The molecule has 5 rings (SSSR count).